The smallest absolute Gasteiger partial charge is 0.338 e. The molecule has 134 valence electrons. The molecule has 5 nitrogen and oxygen atoms in total. The Kier molecular flexibility index (Phi) is 6.03. The lowest BCUT2D eigenvalue weighted by Gasteiger charge is -2.05. The summed E-state index contributed by atoms with van der Waals surface area (Å²) in [6.07, 6.45) is 5.90. The third-order valence-electron chi connectivity index (χ3n) is 4.10. The number of allylic oxidation sites excluding steroid dienone is 1. The lowest BCUT2D eigenvalue weighted by molar-refractivity contribution is 0.0500. The van der Waals surface area contributed by atoms with Crippen molar-refractivity contribution in [2.24, 2.45) is 0 Å². The first-order valence-electron chi connectivity index (χ1n) is 8.81. The van der Waals surface area contributed by atoms with Gasteiger partial charge in [0, 0.05) is 23.2 Å². The van der Waals surface area contributed by atoms with Gasteiger partial charge in [0.2, 0.25) is 0 Å². The van der Waals surface area contributed by atoms with E-state index in [1.807, 2.05) is 5.38 Å². The molecule has 1 saturated carbocycles. The van der Waals surface area contributed by atoms with E-state index in [0.717, 1.165) is 29.2 Å². The molecular weight excluding hydrogens is 346 g/mol. The van der Waals surface area contributed by atoms with E-state index in [0.29, 0.717) is 23.7 Å². The predicted molar refractivity (Wildman–Crippen MR) is 103 cm³/mol. The summed E-state index contributed by atoms with van der Waals surface area (Å²) in [4.78, 5) is 16.4. The molecule has 3 rings (SSSR count). The van der Waals surface area contributed by atoms with Crippen LogP contribution >= 0.6 is 11.3 Å². The number of nitriles is 1. The Morgan fingerprint density at radius 1 is 1.42 bits per heavy atom. The number of rotatable bonds is 8. The number of anilines is 1. The summed E-state index contributed by atoms with van der Waals surface area (Å²) in [7, 11) is 0. The van der Waals surface area contributed by atoms with Crippen LogP contribution in [0.2, 0.25) is 0 Å². The van der Waals surface area contributed by atoms with Crippen molar-refractivity contribution >= 4 is 28.6 Å². The Hall–Kier alpha value is -2.65. The van der Waals surface area contributed by atoms with Gasteiger partial charge < -0.3 is 10.1 Å². The Labute approximate surface area is 157 Å². The third kappa shape index (κ3) is 4.70. The Morgan fingerprint density at radius 2 is 2.19 bits per heavy atom. The van der Waals surface area contributed by atoms with E-state index in [1.54, 1.807) is 30.5 Å². The highest BCUT2D eigenvalue weighted by atomic mass is 32.1. The summed E-state index contributed by atoms with van der Waals surface area (Å²) in [5.41, 5.74) is 2.91. The van der Waals surface area contributed by atoms with Crippen molar-refractivity contribution in [3.05, 3.63) is 52.1 Å². The molecule has 0 unspecified atom stereocenters. The standard InChI is InChI=1S/C20H21N3O2S/c1-2-3-10-25-20(24)15-6-8-17(9-7-15)22-12-16(11-21)19-23-18(13-26-19)14-4-5-14/h6-9,12-14,22H,2-5,10H2,1H3/b16-12+. The van der Waals surface area contributed by atoms with Gasteiger partial charge in [-0.15, -0.1) is 11.3 Å². The molecule has 2 aromatic rings. The Balaban J connectivity index is 1.61. The van der Waals surface area contributed by atoms with Crippen LogP contribution in [0, 0.1) is 11.3 Å². The first kappa shape index (κ1) is 18.2. The molecule has 0 spiro atoms. The van der Waals surface area contributed by atoms with E-state index in [2.05, 4.69) is 23.3 Å². The summed E-state index contributed by atoms with van der Waals surface area (Å²) in [6.45, 7) is 2.50. The Bertz CT molecular complexity index is 829. The summed E-state index contributed by atoms with van der Waals surface area (Å²) < 4.78 is 5.19. The molecule has 0 saturated heterocycles. The highest BCUT2D eigenvalue weighted by molar-refractivity contribution is 7.10. The molecule has 1 aromatic carbocycles. The summed E-state index contributed by atoms with van der Waals surface area (Å²) in [6, 6.07) is 9.20. The van der Waals surface area contributed by atoms with Gasteiger partial charge in [-0.25, -0.2) is 9.78 Å². The van der Waals surface area contributed by atoms with Gasteiger partial charge in [-0.05, 0) is 43.5 Å². The number of nitrogens with one attached hydrogen (secondary N) is 1. The number of carbonyl (C=O) groups excluding carboxylic acids is 1. The minimum absolute atomic E-state index is 0.311. The maximum atomic E-state index is 11.9. The van der Waals surface area contributed by atoms with Crippen LogP contribution < -0.4 is 5.32 Å². The third-order valence-corrected chi connectivity index (χ3v) is 5.00. The van der Waals surface area contributed by atoms with Crippen molar-refractivity contribution in [1.29, 1.82) is 5.26 Å². The van der Waals surface area contributed by atoms with Crippen LogP contribution in [-0.2, 0) is 4.74 Å². The van der Waals surface area contributed by atoms with Crippen molar-refractivity contribution in [3.63, 3.8) is 0 Å². The van der Waals surface area contributed by atoms with Crippen molar-refractivity contribution in [1.82, 2.24) is 4.98 Å². The van der Waals surface area contributed by atoms with Gasteiger partial charge >= 0.3 is 5.97 Å². The maximum Gasteiger partial charge on any atom is 0.338 e. The van der Waals surface area contributed by atoms with Crippen LogP contribution in [-0.4, -0.2) is 17.6 Å². The first-order valence-corrected chi connectivity index (χ1v) is 9.69. The van der Waals surface area contributed by atoms with E-state index in [4.69, 9.17) is 4.74 Å². The second-order valence-electron chi connectivity index (χ2n) is 6.23. The largest absolute Gasteiger partial charge is 0.462 e. The molecule has 1 aliphatic carbocycles. The second kappa shape index (κ2) is 8.63. The van der Waals surface area contributed by atoms with Crippen LogP contribution in [0.15, 0.2) is 35.8 Å². The zero-order valence-corrected chi connectivity index (χ0v) is 15.5. The minimum atomic E-state index is -0.311. The molecule has 0 aliphatic heterocycles. The van der Waals surface area contributed by atoms with E-state index in [9.17, 15) is 10.1 Å². The molecule has 0 bridgehead atoms. The maximum absolute atomic E-state index is 11.9. The number of nitrogens with zero attached hydrogens (tertiary/aromatic N) is 2. The fraction of sp³-hybridized carbons (Fsp3) is 0.350. The SMILES string of the molecule is CCCCOC(=O)c1ccc(N/C=C(\C#N)c2nc(C3CC3)cs2)cc1. The fourth-order valence-corrected chi connectivity index (χ4v) is 3.24. The number of benzene rings is 1. The molecular formula is C20H21N3O2S. The van der Waals surface area contributed by atoms with Crippen LogP contribution in [0.4, 0.5) is 5.69 Å². The Morgan fingerprint density at radius 3 is 2.85 bits per heavy atom. The fourth-order valence-electron chi connectivity index (χ4n) is 2.37. The molecule has 1 N–H and O–H groups in total. The van der Waals surface area contributed by atoms with Gasteiger partial charge in [0.15, 0.2) is 0 Å². The normalized spacial score (nSPS) is 13.9. The van der Waals surface area contributed by atoms with Gasteiger partial charge in [-0.2, -0.15) is 5.26 Å². The predicted octanol–water partition coefficient (Wildman–Crippen LogP) is 4.95. The number of carbonyl (C=O) groups is 1. The number of hydrogen-bond donors (Lipinski definition) is 1. The highest BCUT2D eigenvalue weighted by Crippen LogP contribution is 2.40. The molecule has 0 radical (unpaired) electrons. The van der Waals surface area contributed by atoms with E-state index in [-0.39, 0.29) is 5.97 Å². The number of hydrogen-bond acceptors (Lipinski definition) is 6. The topological polar surface area (TPSA) is 75.0 Å². The van der Waals surface area contributed by atoms with E-state index in [1.165, 1.54) is 24.2 Å². The van der Waals surface area contributed by atoms with Gasteiger partial charge in [-0.1, -0.05) is 13.3 Å². The van der Waals surface area contributed by atoms with Crippen LogP contribution in [0.5, 0.6) is 0 Å². The molecule has 0 atom stereocenters. The highest BCUT2D eigenvalue weighted by Gasteiger charge is 2.26. The monoisotopic (exact) mass is 367 g/mol. The first-order chi connectivity index (χ1) is 12.7. The zero-order valence-electron chi connectivity index (χ0n) is 14.7. The second-order valence-corrected chi connectivity index (χ2v) is 7.09. The van der Waals surface area contributed by atoms with Crippen LogP contribution in [0.3, 0.4) is 0 Å². The molecule has 1 aromatic heterocycles. The number of aromatic nitrogens is 1. The summed E-state index contributed by atoms with van der Waals surface area (Å²) >= 11 is 1.50. The number of unbranched alkanes of at least 4 members (excludes halogenated alkanes) is 1. The van der Waals surface area contributed by atoms with Crippen LogP contribution in [0.25, 0.3) is 5.57 Å². The average Bonchev–Trinajstić information content (AvgIpc) is 3.41. The van der Waals surface area contributed by atoms with Crippen molar-refractivity contribution < 1.29 is 9.53 Å². The van der Waals surface area contributed by atoms with E-state index >= 15 is 0 Å². The summed E-state index contributed by atoms with van der Waals surface area (Å²) in [5.74, 6) is 0.270. The van der Waals surface area contributed by atoms with E-state index < -0.39 is 0 Å². The molecule has 6 heteroatoms. The van der Waals surface area contributed by atoms with Crippen molar-refractivity contribution in [2.75, 3.05) is 11.9 Å². The molecule has 1 aliphatic rings. The lowest BCUT2D eigenvalue weighted by Crippen LogP contribution is -2.06. The lowest BCUT2D eigenvalue weighted by atomic mass is 10.2. The average molecular weight is 367 g/mol. The molecule has 26 heavy (non-hydrogen) atoms. The minimum Gasteiger partial charge on any atom is -0.462 e. The molecule has 1 heterocycles. The molecule has 1 fully saturated rings. The molecule has 0 amide bonds. The number of thiazole rings is 1. The van der Waals surface area contributed by atoms with Gasteiger partial charge in [-0.3, -0.25) is 0 Å². The van der Waals surface area contributed by atoms with Gasteiger partial charge in [0.05, 0.1) is 17.9 Å². The zero-order chi connectivity index (χ0) is 18.4. The van der Waals surface area contributed by atoms with Crippen LogP contribution in [0.1, 0.15) is 59.6 Å². The van der Waals surface area contributed by atoms with Crippen molar-refractivity contribution in [2.45, 2.75) is 38.5 Å². The summed E-state index contributed by atoms with van der Waals surface area (Å²) in [5, 5.41) is 15.3. The van der Waals surface area contributed by atoms with Crippen molar-refractivity contribution in [3.8, 4) is 6.07 Å². The van der Waals surface area contributed by atoms with Gasteiger partial charge in [0.25, 0.3) is 0 Å². The number of esters is 1. The van der Waals surface area contributed by atoms with Gasteiger partial charge in [0.1, 0.15) is 16.6 Å². The number of ether oxygens (including phenoxy) is 1. The quantitative estimate of drug-likeness (QED) is 0.406.